The number of urea groups is 1. The third-order valence-electron chi connectivity index (χ3n) is 3.96. The quantitative estimate of drug-likeness (QED) is 0.286. The number of terminal acetylenes is 1. The van der Waals surface area contributed by atoms with Crippen molar-refractivity contribution in [2.24, 2.45) is 0 Å². The maximum absolute atomic E-state index is 12.7. The Kier molecular flexibility index (Phi) is 6.50. The molecule has 0 unspecified atom stereocenters. The number of carbonyl (C=O) groups is 3. The van der Waals surface area contributed by atoms with Crippen molar-refractivity contribution in [3.8, 4) is 18.1 Å². The van der Waals surface area contributed by atoms with Gasteiger partial charge in [-0.2, -0.15) is 0 Å². The second-order valence-corrected chi connectivity index (χ2v) is 7.23. The van der Waals surface area contributed by atoms with Gasteiger partial charge in [0.15, 0.2) is 0 Å². The summed E-state index contributed by atoms with van der Waals surface area (Å²) in [5, 5.41) is 2.89. The fourth-order valence-electron chi connectivity index (χ4n) is 2.65. The molecule has 0 spiro atoms. The van der Waals surface area contributed by atoms with Crippen molar-refractivity contribution in [2.45, 2.75) is 6.54 Å². The second kappa shape index (κ2) is 9.07. The van der Waals surface area contributed by atoms with Crippen molar-refractivity contribution >= 4 is 51.5 Å². The number of methoxy groups -OCH3 is 1. The molecule has 1 aliphatic rings. The molecule has 1 aliphatic heterocycles. The molecule has 3 amide bonds. The summed E-state index contributed by atoms with van der Waals surface area (Å²) in [7, 11) is 1.22. The van der Waals surface area contributed by atoms with Crippen LogP contribution in [0.3, 0.4) is 0 Å². The third kappa shape index (κ3) is 4.50. The summed E-state index contributed by atoms with van der Waals surface area (Å²) in [5.41, 5.74) is 0.459. The summed E-state index contributed by atoms with van der Waals surface area (Å²) < 4.78 is 15.9. The van der Waals surface area contributed by atoms with Gasteiger partial charge in [0.25, 0.3) is 5.91 Å². The van der Waals surface area contributed by atoms with Crippen molar-refractivity contribution in [3.05, 3.63) is 56.5 Å². The van der Waals surface area contributed by atoms with Crippen LogP contribution in [0.15, 0.2) is 38.9 Å². The highest BCUT2D eigenvalue weighted by atomic mass is 79.9. The number of esters is 1. The van der Waals surface area contributed by atoms with Crippen LogP contribution >= 0.6 is 27.5 Å². The molecule has 2 heterocycles. The lowest BCUT2D eigenvalue weighted by molar-refractivity contribution is -0.123. The van der Waals surface area contributed by atoms with Crippen LogP contribution in [0, 0.1) is 12.3 Å². The molecule has 30 heavy (non-hydrogen) atoms. The summed E-state index contributed by atoms with van der Waals surface area (Å²) in [6.07, 6.45) is 6.68. The maximum Gasteiger partial charge on any atom is 0.373 e. The highest BCUT2D eigenvalue weighted by molar-refractivity contribution is 9.10. The molecule has 1 fully saturated rings. The highest BCUT2D eigenvalue weighted by Gasteiger charge is 2.34. The molecule has 0 radical (unpaired) electrons. The summed E-state index contributed by atoms with van der Waals surface area (Å²) >= 11 is 9.43. The van der Waals surface area contributed by atoms with Crippen LogP contribution in [0.4, 0.5) is 4.79 Å². The van der Waals surface area contributed by atoms with Crippen LogP contribution in [0.25, 0.3) is 6.08 Å². The van der Waals surface area contributed by atoms with E-state index >= 15 is 0 Å². The van der Waals surface area contributed by atoms with Crippen molar-refractivity contribution in [2.75, 3.05) is 13.7 Å². The predicted molar refractivity (Wildman–Crippen MR) is 111 cm³/mol. The number of hydrogen-bond donors (Lipinski definition) is 1. The van der Waals surface area contributed by atoms with E-state index in [9.17, 15) is 14.4 Å². The van der Waals surface area contributed by atoms with Gasteiger partial charge in [0.2, 0.25) is 5.76 Å². The van der Waals surface area contributed by atoms with Gasteiger partial charge in [0.1, 0.15) is 23.8 Å². The lowest BCUT2D eigenvalue weighted by Crippen LogP contribution is -2.30. The van der Waals surface area contributed by atoms with Crippen LogP contribution in [0.5, 0.6) is 5.75 Å². The number of halogens is 2. The number of furan rings is 1. The van der Waals surface area contributed by atoms with Crippen molar-refractivity contribution in [3.63, 3.8) is 0 Å². The number of carbonyl (C=O) groups excluding carboxylic acids is 3. The zero-order valence-corrected chi connectivity index (χ0v) is 17.9. The number of amides is 3. The second-order valence-electron chi connectivity index (χ2n) is 5.94. The first kappa shape index (κ1) is 21.5. The molecule has 8 nitrogen and oxygen atoms in total. The summed E-state index contributed by atoms with van der Waals surface area (Å²) in [6.45, 7) is -0.164. The molecule has 1 aromatic carbocycles. The van der Waals surface area contributed by atoms with Crippen molar-refractivity contribution in [1.29, 1.82) is 0 Å². The number of hydrogen-bond acceptors (Lipinski definition) is 6. The van der Waals surface area contributed by atoms with Crippen LogP contribution in [-0.4, -0.2) is 36.5 Å². The van der Waals surface area contributed by atoms with Gasteiger partial charge in [-0.05, 0) is 46.3 Å². The van der Waals surface area contributed by atoms with E-state index in [1.54, 1.807) is 12.1 Å². The fraction of sp³-hybridized carbons (Fsp3) is 0.150. The Balaban J connectivity index is 1.86. The normalized spacial score (nSPS) is 14.6. The molecule has 0 atom stereocenters. The smallest absolute Gasteiger partial charge is 0.373 e. The third-order valence-corrected chi connectivity index (χ3v) is 4.77. The number of imide groups is 1. The van der Waals surface area contributed by atoms with Gasteiger partial charge in [-0.3, -0.25) is 9.69 Å². The molecule has 2 aromatic rings. The Morgan fingerprint density at radius 1 is 1.40 bits per heavy atom. The molecule has 1 aromatic heterocycles. The Labute approximate surface area is 184 Å². The molecular weight excluding hydrogens is 480 g/mol. The number of nitrogens with zero attached hydrogens (tertiary/aromatic N) is 1. The Morgan fingerprint density at radius 2 is 2.17 bits per heavy atom. The van der Waals surface area contributed by atoms with Crippen molar-refractivity contribution in [1.82, 2.24) is 10.2 Å². The minimum atomic E-state index is -0.662. The molecule has 0 aliphatic carbocycles. The zero-order valence-electron chi connectivity index (χ0n) is 15.5. The monoisotopic (exact) mass is 492 g/mol. The molecular formula is C20H14BrClN2O6. The van der Waals surface area contributed by atoms with E-state index in [-0.39, 0.29) is 30.4 Å². The first-order valence-corrected chi connectivity index (χ1v) is 9.58. The van der Waals surface area contributed by atoms with Crippen LogP contribution in [-0.2, 0) is 16.1 Å². The van der Waals surface area contributed by atoms with Gasteiger partial charge in [0, 0.05) is 10.6 Å². The zero-order chi connectivity index (χ0) is 21.8. The summed E-state index contributed by atoms with van der Waals surface area (Å²) in [4.78, 5) is 37.5. The minimum Gasteiger partial charge on any atom is -0.479 e. The largest absolute Gasteiger partial charge is 0.479 e. The van der Waals surface area contributed by atoms with E-state index in [2.05, 4.69) is 31.9 Å². The van der Waals surface area contributed by atoms with Gasteiger partial charge in [-0.1, -0.05) is 17.5 Å². The van der Waals surface area contributed by atoms with E-state index < -0.39 is 17.9 Å². The van der Waals surface area contributed by atoms with Gasteiger partial charge in [-0.15, -0.1) is 6.42 Å². The van der Waals surface area contributed by atoms with Crippen LogP contribution in [0.2, 0.25) is 5.02 Å². The average molecular weight is 494 g/mol. The minimum absolute atomic E-state index is 0.00383. The van der Waals surface area contributed by atoms with E-state index in [1.165, 1.54) is 25.3 Å². The highest BCUT2D eigenvalue weighted by Crippen LogP contribution is 2.34. The van der Waals surface area contributed by atoms with Crippen LogP contribution < -0.4 is 10.1 Å². The molecule has 154 valence electrons. The molecule has 0 saturated carbocycles. The fourth-order valence-corrected chi connectivity index (χ4v) is 3.60. The van der Waals surface area contributed by atoms with Gasteiger partial charge in [-0.25, -0.2) is 9.59 Å². The van der Waals surface area contributed by atoms with E-state index in [0.29, 0.717) is 20.8 Å². The lowest BCUT2D eigenvalue weighted by Gasteiger charge is -2.11. The topological polar surface area (TPSA) is 98.1 Å². The van der Waals surface area contributed by atoms with Gasteiger partial charge < -0.3 is 19.2 Å². The number of ether oxygens (including phenoxy) is 2. The Morgan fingerprint density at radius 3 is 2.87 bits per heavy atom. The summed E-state index contributed by atoms with van der Waals surface area (Å²) in [5.74, 6) is 1.69. The molecule has 1 N–H and O–H groups in total. The maximum atomic E-state index is 12.7. The Hall–Kier alpha value is -3.22. The SMILES string of the molecule is C#CCOc1c(Br)cc(Cl)cc1/C=C1\NC(=O)N(Cc2ccc(C(=O)OC)o2)C1=O. The molecule has 3 rings (SSSR count). The molecule has 10 heteroatoms. The standard InChI is InChI=1S/C20H14BrClN2O6/c1-3-6-29-17-11(7-12(22)9-14(17)21)8-15-18(25)24(20(27)23-15)10-13-4-5-16(30-13)19(26)28-2/h1,4-5,7-9H,6,10H2,2H3,(H,23,27)/b15-8-. The average Bonchev–Trinajstić information content (AvgIpc) is 3.27. The van der Waals surface area contributed by atoms with E-state index in [4.69, 9.17) is 27.2 Å². The molecule has 1 saturated heterocycles. The predicted octanol–water partition coefficient (Wildman–Crippen LogP) is 3.59. The lowest BCUT2D eigenvalue weighted by atomic mass is 10.1. The number of rotatable bonds is 6. The van der Waals surface area contributed by atoms with E-state index in [1.807, 2.05) is 0 Å². The first-order valence-electron chi connectivity index (χ1n) is 8.41. The number of benzene rings is 1. The van der Waals surface area contributed by atoms with Gasteiger partial charge >= 0.3 is 12.0 Å². The van der Waals surface area contributed by atoms with Crippen molar-refractivity contribution < 1.29 is 28.3 Å². The summed E-state index contributed by atoms with van der Waals surface area (Å²) in [6, 6.07) is 5.42. The first-order chi connectivity index (χ1) is 14.3. The number of nitrogens with one attached hydrogen (secondary N) is 1. The molecule has 0 bridgehead atoms. The van der Waals surface area contributed by atoms with E-state index in [0.717, 1.165) is 4.90 Å². The van der Waals surface area contributed by atoms with Gasteiger partial charge in [0.05, 0.1) is 18.1 Å². The van der Waals surface area contributed by atoms with Crippen LogP contribution in [0.1, 0.15) is 21.9 Å². The Bertz CT molecular complexity index is 1100.